The zero-order valence-corrected chi connectivity index (χ0v) is 17.3. The summed E-state index contributed by atoms with van der Waals surface area (Å²) in [6, 6.07) is -0.446. The molecule has 5 heterocycles. The van der Waals surface area contributed by atoms with Crippen molar-refractivity contribution in [3.63, 3.8) is 0 Å². The lowest BCUT2D eigenvalue weighted by Crippen LogP contribution is -2.34. The van der Waals surface area contributed by atoms with E-state index in [0.29, 0.717) is 29.2 Å². The van der Waals surface area contributed by atoms with Gasteiger partial charge in [0.15, 0.2) is 0 Å². The minimum Gasteiger partial charge on any atom is -0.491 e. The predicted octanol–water partition coefficient (Wildman–Crippen LogP) is 3.33. The van der Waals surface area contributed by atoms with E-state index < -0.39 is 12.0 Å². The number of rotatable bonds is 5. The van der Waals surface area contributed by atoms with Gasteiger partial charge in [0, 0.05) is 42.9 Å². The van der Waals surface area contributed by atoms with Gasteiger partial charge in [-0.1, -0.05) is 0 Å². The minimum atomic E-state index is -2.73. The first kappa shape index (κ1) is 19.7. The Morgan fingerprint density at radius 3 is 3.03 bits per heavy atom. The van der Waals surface area contributed by atoms with Crippen molar-refractivity contribution in [2.45, 2.75) is 31.2 Å². The molecule has 5 rings (SSSR count). The number of H-pyrrole nitrogens is 2. The van der Waals surface area contributed by atoms with Crippen molar-refractivity contribution < 1.29 is 18.3 Å². The lowest BCUT2D eigenvalue weighted by atomic mass is 9.98. The van der Waals surface area contributed by atoms with Gasteiger partial charge in [-0.2, -0.15) is 5.10 Å². The molecule has 1 atom stereocenters. The van der Waals surface area contributed by atoms with Crippen LogP contribution in [0.1, 0.15) is 30.1 Å². The highest BCUT2D eigenvalue weighted by Crippen LogP contribution is 2.47. The summed E-state index contributed by atoms with van der Waals surface area (Å²) in [5.74, 6) is -2.05. The molecule has 0 aromatic carbocycles. The smallest absolute Gasteiger partial charge is 0.266 e. The van der Waals surface area contributed by atoms with Crippen molar-refractivity contribution in [1.29, 1.82) is 0 Å². The number of hydrogen-bond donors (Lipinski definition) is 2. The fraction of sp³-hybridized carbons (Fsp3) is 0.500. The average molecular weight is 436 g/mol. The van der Waals surface area contributed by atoms with E-state index in [-0.39, 0.29) is 31.7 Å². The van der Waals surface area contributed by atoms with E-state index in [1.807, 2.05) is 0 Å². The van der Waals surface area contributed by atoms with Gasteiger partial charge >= 0.3 is 0 Å². The van der Waals surface area contributed by atoms with Crippen molar-refractivity contribution >= 4 is 21.4 Å². The monoisotopic (exact) mass is 436 g/mol. The minimum absolute atomic E-state index is 0.188. The molecular weight excluding hydrogens is 414 g/mol. The molecule has 2 aliphatic rings. The molecule has 0 aliphatic carbocycles. The van der Waals surface area contributed by atoms with Crippen LogP contribution in [0.25, 0.3) is 20.5 Å². The number of nitrogens with one attached hydrogen (secondary N) is 2. The lowest BCUT2D eigenvalue weighted by Gasteiger charge is -2.28. The summed E-state index contributed by atoms with van der Waals surface area (Å²) in [7, 11) is 1.55. The van der Waals surface area contributed by atoms with Gasteiger partial charge in [0.05, 0.1) is 36.9 Å². The van der Waals surface area contributed by atoms with Crippen LogP contribution in [-0.2, 0) is 11.2 Å². The Morgan fingerprint density at radius 2 is 2.33 bits per heavy atom. The molecule has 3 aromatic heterocycles. The van der Waals surface area contributed by atoms with Crippen LogP contribution in [0.4, 0.5) is 8.78 Å². The van der Waals surface area contributed by atoms with Crippen molar-refractivity contribution in [3.05, 3.63) is 34.0 Å². The molecule has 1 fully saturated rings. The second-order valence-electron chi connectivity index (χ2n) is 7.80. The van der Waals surface area contributed by atoms with Gasteiger partial charge in [-0.3, -0.25) is 14.8 Å². The molecule has 0 unspecified atom stereocenters. The summed E-state index contributed by atoms with van der Waals surface area (Å²) in [5.41, 5.74) is 2.24. The van der Waals surface area contributed by atoms with E-state index in [0.717, 1.165) is 27.8 Å². The van der Waals surface area contributed by atoms with E-state index in [2.05, 4.69) is 15.2 Å². The molecule has 0 saturated carbocycles. The maximum Gasteiger partial charge on any atom is 0.266 e. The zero-order valence-electron chi connectivity index (χ0n) is 16.5. The summed E-state index contributed by atoms with van der Waals surface area (Å²) in [6.45, 7) is 0.663. The van der Waals surface area contributed by atoms with Crippen LogP contribution < -0.4 is 10.3 Å². The molecule has 2 aliphatic heterocycles. The Hall–Kier alpha value is -2.30. The molecule has 0 amide bonds. The fourth-order valence-electron chi connectivity index (χ4n) is 4.47. The van der Waals surface area contributed by atoms with Gasteiger partial charge in [-0.05, 0) is 18.4 Å². The lowest BCUT2D eigenvalue weighted by molar-refractivity contribution is 0.00124. The van der Waals surface area contributed by atoms with Gasteiger partial charge < -0.3 is 14.5 Å². The molecule has 10 heteroatoms. The molecule has 2 N–H and O–H groups in total. The Balaban J connectivity index is 1.71. The first-order chi connectivity index (χ1) is 14.5. The second kappa shape index (κ2) is 7.44. The Bertz CT molecular complexity index is 1130. The largest absolute Gasteiger partial charge is 0.491 e. The number of pyridine rings is 1. The molecule has 3 aromatic rings. The number of ether oxygens (including phenoxy) is 2. The second-order valence-corrected chi connectivity index (χ2v) is 8.82. The number of thiophene rings is 1. The average Bonchev–Trinajstić information content (AvgIpc) is 3.40. The number of aryl methyl sites for hydroxylation is 1. The van der Waals surface area contributed by atoms with E-state index in [1.165, 1.54) is 11.3 Å². The first-order valence-electron chi connectivity index (χ1n) is 9.93. The third kappa shape index (κ3) is 3.23. The van der Waals surface area contributed by atoms with Crippen molar-refractivity contribution in [3.8, 4) is 16.2 Å². The molecule has 30 heavy (non-hydrogen) atoms. The summed E-state index contributed by atoms with van der Waals surface area (Å²) < 4.78 is 39.9. The van der Waals surface area contributed by atoms with Gasteiger partial charge in [0.1, 0.15) is 10.4 Å². The Labute approximate surface area is 175 Å². The highest BCUT2D eigenvalue weighted by molar-refractivity contribution is 7.22. The number of methoxy groups -OCH3 is 1. The Morgan fingerprint density at radius 1 is 1.47 bits per heavy atom. The van der Waals surface area contributed by atoms with E-state index in [1.54, 1.807) is 24.4 Å². The van der Waals surface area contributed by atoms with E-state index in [4.69, 9.17) is 9.47 Å². The summed E-state index contributed by atoms with van der Waals surface area (Å²) in [6.07, 6.45) is 4.75. The van der Waals surface area contributed by atoms with Gasteiger partial charge in [0.25, 0.3) is 11.5 Å². The maximum absolute atomic E-state index is 13.9. The molecule has 7 nitrogen and oxygen atoms in total. The van der Waals surface area contributed by atoms with Crippen LogP contribution in [0, 0.1) is 0 Å². The molecule has 0 bridgehead atoms. The number of nitrogens with zero attached hydrogens (tertiary/aromatic N) is 2. The van der Waals surface area contributed by atoms with Crippen LogP contribution >= 0.6 is 11.3 Å². The topological polar surface area (TPSA) is 83.2 Å². The summed E-state index contributed by atoms with van der Waals surface area (Å²) in [4.78, 5) is 18.6. The standard InChI is InChI=1S/C20H22F2N4O3S/c1-28-9-13(26-5-4-20(21,22)10-26)15-12-3-2-6-29-16-14(12)18(19(27)25-15)30-17(16)11-7-23-24-8-11/h7-8,13H,2-6,9-10H2,1H3,(H,23,24)(H,25,27)/t13-/m1/s1. The normalized spacial score (nSPS) is 19.7. The molecular formula is C20H22F2N4O3S. The van der Waals surface area contributed by atoms with E-state index in [9.17, 15) is 13.6 Å². The fourth-order valence-corrected chi connectivity index (χ4v) is 5.62. The van der Waals surface area contributed by atoms with Crippen LogP contribution in [0.2, 0.25) is 0 Å². The predicted molar refractivity (Wildman–Crippen MR) is 110 cm³/mol. The maximum atomic E-state index is 13.9. The number of halogens is 2. The summed E-state index contributed by atoms with van der Waals surface area (Å²) in [5, 5.41) is 7.60. The molecule has 0 radical (unpaired) electrons. The van der Waals surface area contributed by atoms with Crippen LogP contribution in [0.3, 0.4) is 0 Å². The van der Waals surface area contributed by atoms with Gasteiger partial charge in [-0.15, -0.1) is 11.3 Å². The SMILES string of the molecule is COC[C@H](c1[nH]c(=O)c2sc(-c3cn[nH]c3)c3c2c1CCCO3)N1CCC(F)(F)C1. The third-order valence-electron chi connectivity index (χ3n) is 5.82. The number of hydrogen-bond acceptors (Lipinski definition) is 6. The van der Waals surface area contributed by atoms with Crippen molar-refractivity contribution in [2.75, 3.05) is 33.4 Å². The summed E-state index contributed by atoms with van der Waals surface area (Å²) >= 11 is 1.37. The van der Waals surface area contributed by atoms with Crippen LogP contribution in [0.15, 0.2) is 17.2 Å². The van der Waals surface area contributed by atoms with Crippen molar-refractivity contribution in [2.24, 2.45) is 0 Å². The zero-order chi connectivity index (χ0) is 20.9. The number of aromatic amines is 2. The van der Waals surface area contributed by atoms with Gasteiger partial charge in [0.2, 0.25) is 0 Å². The third-order valence-corrected chi connectivity index (χ3v) is 7.04. The molecule has 160 valence electrons. The molecule has 1 saturated heterocycles. The number of alkyl halides is 2. The van der Waals surface area contributed by atoms with E-state index >= 15 is 0 Å². The number of aromatic nitrogens is 3. The van der Waals surface area contributed by atoms with Crippen LogP contribution in [-0.4, -0.2) is 59.4 Å². The number of likely N-dealkylation sites (tertiary alicyclic amines) is 1. The van der Waals surface area contributed by atoms with Crippen molar-refractivity contribution in [1.82, 2.24) is 20.1 Å². The first-order valence-corrected chi connectivity index (χ1v) is 10.7. The molecule has 0 spiro atoms. The quantitative estimate of drug-likeness (QED) is 0.641. The highest BCUT2D eigenvalue weighted by Gasteiger charge is 2.42. The Kier molecular flexibility index (Phi) is 4.87. The highest BCUT2D eigenvalue weighted by atomic mass is 32.1. The van der Waals surface area contributed by atoms with Gasteiger partial charge in [-0.25, -0.2) is 8.78 Å². The van der Waals surface area contributed by atoms with Crippen LogP contribution in [0.5, 0.6) is 5.75 Å².